The second kappa shape index (κ2) is 20.3. The molecule has 1 fully saturated rings. The number of alkyl carbamates (subject to hydrolysis) is 1. The SMILES string of the molecule is CCCCOC[C@H]1O[C@H](C(F)(F)C[C@H](NC(=O)OCc2ccccc2)C(=O)O)[C@H](NC(C)=O)[C@@H](OCCCC)[C@H]1OCCCC. The number of carboxylic acids is 1. The largest absolute Gasteiger partial charge is 0.480 e. The monoisotopic (exact) mass is 644 g/mol. The Hall–Kier alpha value is -2.87. The normalized spacial score (nSPS) is 22.4. The molecule has 1 heterocycles. The zero-order valence-corrected chi connectivity index (χ0v) is 26.8. The molecule has 13 heteroatoms. The van der Waals surface area contributed by atoms with Gasteiger partial charge in [0.2, 0.25) is 5.91 Å². The van der Waals surface area contributed by atoms with Crippen molar-refractivity contribution in [2.24, 2.45) is 0 Å². The molecule has 45 heavy (non-hydrogen) atoms. The maximum absolute atomic E-state index is 16.3. The number of ether oxygens (including phenoxy) is 5. The van der Waals surface area contributed by atoms with Crippen LogP contribution in [0.4, 0.5) is 13.6 Å². The van der Waals surface area contributed by atoms with E-state index in [9.17, 15) is 19.5 Å². The molecule has 2 amide bonds. The van der Waals surface area contributed by atoms with E-state index in [1.54, 1.807) is 30.3 Å². The van der Waals surface area contributed by atoms with Gasteiger partial charge < -0.3 is 39.4 Å². The summed E-state index contributed by atoms with van der Waals surface area (Å²) in [5, 5.41) is 14.4. The van der Waals surface area contributed by atoms with Gasteiger partial charge in [0.05, 0.1) is 12.6 Å². The predicted octanol–water partition coefficient (Wildman–Crippen LogP) is 4.85. The highest BCUT2D eigenvalue weighted by atomic mass is 19.3. The van der Waals surface area contributed by atoms with Crippen molar-refractivity contribution in [2.45, 2.75) is 122 Å². The fraction of sp³-hybridized carbons (Fsp3) is 0.719. The summed E-state index contributed by atoms with van der Waals surface area (Å²) in [5.41, 5.74) is 0.635. The molecule has 0 bridgehead atoms. The predicted molar refractivity (Wildman–Crippen MR) is 162 cm³/mol. The second-order valence-corrected chi connectivity index (χ2v) is 11.2. The summed E-state index contributed by atoms with van der Waals surface area (Å²) >= 11 is 0. The van der Waals surface area contributed by atoms with Gasteiger partial charge in [-0.2, -0.15) is 0 Å². The average molecular weight is 645 g/mol. The molecule has 1 aliphatic heterocycles. The number of benzene rings is 1. The Labute approximate surface area is 264 Å². The number of rotatable bonds is 21. The molecule has 1 aromatic carbocycles. The van der Waals surface area contributed by atoms with Crippen LogP contribution >= 0.6 is 0 Å². The van der Waals surface area contributed by atoms with Crippen LogP contribution in [0.2, 0.25) is 0 Å². The van der Waals surface area contributed by atoms with E-state index in [4.69, 9.17) is 23.7 Å². The molecule has 0 aromatic heterocycles. The number of unbranched alkanes of at least 4 members (excludes halogenated alkanes) is 3. The zero-order valence-electron chi connectivity index (χ0n) is 26.8. The summed E-state index contributed by atoms with van der Waals surface area (Å²) < 4.78 is 61.6. The van der Waals surface area contributed by atoms with Gasteiger partial charge in [-0.1, -0.05) is 70.4 Å². The highest BCUT2D eigenvalue weighted by molar-refractivity contribution is 5.80. The standard InChI is InChI=1S/C32H50F2N2O9/c1-5-8-16-41-21-25-27(42-17-9-6-2)28(43-18-10-7-3)26(35-22(4)37)29(45-25)32(33,34)19-24(30(38)39)36-31(40)44-20-23-14-12-11-13-15-23/h11-15,24-29H,5-10,16-21H2,1-4H3,(H,35,37)(H,36,40)(H,38,39)/t24-,25+,26+,27-,28+,29-/m0/s1. The van der Waals surface area contributed by atoms with Crippen molar-refractivity contribution in [3.05, 3.63) is 35.9 Å². The highest BCUT2D eigenvalue weighted by Crippen LogP contribution is 2.37. The summed E-state index contributed by atoms with van der Waals surface area (Å²) in [4.78, 5) is 36.8. The molecule has 0 aliphatic carbocycles. The number of carboxylic acid groups (broad SMARTS) is 1. The van der Waals surface area contributed by atoms with Crippen LogP contribution in [-0.2, 0) is 39.9 Å². The van der Waals surface area contributed by atoms with Gasteiger partial charge >= 0.3 is 12.1 Å². The first kappa shape index (κ1) is 38.3. The Morgan fingerprint density at radius 1 is 0.956 bits per heavy atom. The molecule has 256 valence electrons. The van der Waals surface area contributed by atoms with E-state index < -0.39 is 66.8 Å². The van der Waals surface area contributed by atoms with Gasteiger partial charge in [-0.3, -0.25) is 4.79 Å². The van der Waals surface area contributed by atoms with E-state index in [0.717, 1.165) is 25.7 Å². The first-order chi connectivity index (χ1) is 21.5. The number of alkyl halides is 2. The Bertz CT molecular complexity index is 1020. The summed E-state index contributed by atoms with van der Waals surface area (Å²) in [6.07, 6.45) is -2.84. The van der Waals surface area contributed by atoms with Crippen LogP contribution in [0.1, 0.15) is 78.2 Å². The average Bonchev–Trinajstić information content (AvgIpc) is 2.99. The summed E-state index contributed by atoms with van der Waals surface area (Å²) in [6, 6.07) is 5.20. The van der Waals surface area contributed by atoms with Crippen LogP contribution < -0.4 is 10.6 Å². The second-order valence-electron chi connectivity index (χ2n) is 11.2. The molecule has 1 saturated heterocycles. The van der Waals surface area contributed by atoms with Gasteiger partial charge in [0.25, 0.3) is 5.92 Å². The highest BCUT2D eigenvalue weighted by Gasteiger charge is 2.57. The lowest BCUT2D eigenvalue weighted by atomic mass is 9.87. The van der Waals surface area contributed by atoms with Gasteiger partial charge in [-0.05, 0) is 24.8 Å². The minimum absolute atomic E-state index is 0.0732. The van der Waals surface area contributed by atoms with Crippen molar-refractivity contribution < 1.29 is 52.0 Å². The van der Waals surface area contributed by atoms with E-state index in [2.05, 4.69) is 5.32 Å². The molecule has 0 spiro atoms. The third-order valence-corrected chi connectivity index (χ3v) is 7.30. The number of carbonyl (C=O) groups is 3. The molecule has 0 unspecified atom stereocenters. The van der Waals surface area contributed by atoms with E-state index in [1.807, 2.05) is 26.1 Å². The molecule has 0 saturated carbocycles. The third-order valence-electron chi connectivity index (χ3n) is 7.30. The van der Waals surface area contributed by atoms with Crippen LogP contribution in [0.3, 0.4) is 0 Å². The lowest BCUT2D eigenvalue weighted by Gasteiger charge is -2.48. The van der Waals surface area contributed by atoms with Crippen LogP contribution in [-0.4, -0.2) is 91.9 Å². The summed E-state index contributed by atoms with van der Waals surface area (Å²) in [5.74, 6) is -6.16. The van der Waals surface area contributed by atoms with Crippen molar-refractivity contribution in [3.8, 4) is 0 Å². The number of aliphatic carboxylic acids is 1. The van der Waals surface area contributed by atoms with Crippen molar-refractivity contribution in [3.63, 3.8) is 0 Å². The van der Waals surface area contributed by atoms with Crippen LogP contribution in [0.25, 0.3) is 0 Å². The van der Waals surface area contributed by atoms with Crippen LogP contribution in [0.5, 0.6) is 0 Å². The molecule has 1 aromatic rings. The summed E-state index contributed by atoms with van der Waals surface area (Å²) in [6.45, 7) is 7.79. The molecular weight excluding hydrogens is 594 g/mol. The van der Waals surface area contributed by atoms with Crippen LogP contribution in [0.15, 0.2) is 30.3 Å². The lowest BCUT2D eigenvalue weighted by molar-refractivity contribution is -0.271. The van der Waals surface area contributed by atoms with E-state index in [1.165, 1.54) is 6.92 Å². The number of amides is 2. The van der Waals surface area contributed by atoms with Crippen molar-refractivity contribution in [1.82, 2.24) is 10.6 Å². The van der Waals surface area contributed by atoms with Gasteiger partial charge in [0, 0.05) is 33.2 Å². The zero-order chi connectivity index (χ0) is 33.2. The smallest absolute Gasteiger partial charge is 0.408 e. The maximum atomic E-state index is 16.3. The van der Waals surface area contributed by atoms with Crippen molar-refractivity contribution in [2.75, 3.05) is 26.4 Å². The minimum Gasteiger partial charge on any atom is -0.480 e. The number of hydrogen-bond acceptors (Lipinski definition) is 8. The minimum atomic E-state index is -3.87. The van der Waals surface area contributed by atoms with Crippen molar-refractivity contribution >= 4 is 18.0 Å². The van der Waals surface area contributed by atoms with Gasteiger partial charge in [0.15, 0.2) is 0 Å². The maximum Gasteiger partial charge on any atom is 0.408 e. The molecular formula is C32H50F2N2O9. The Morgan fingerprint density at radius 2 is 1.56 bits per heavy atom. The van der Waals surface area contributed by atoms with Gasteiger partial charge in [-0.25, -0.2) is 18.4 Å². The van der Waals surface area contributed by atoms with Gasteiger partial charge in [-0.15, -0.1) is 0 Å². The number of carbonyl (C=O) groups excluding carboxylic acids is 2. The molecule has 3 N–H and O–H groups in total. The molecule has 1 aliphatic rings. The van der Waals surface area contributed by atoms with E-state index in [0.29, 0.717) is 31.6 Å². The summed E-state index contributed by atoms with van der Waals surface area (Å²) in [7, 11) is 0. The van der Waals surface area contributed by atoms with Gasteiger partial charge in [0.1, 0.15) is 37.1 Å². The Morgan fingerprint density at radius 3 is 2.13 bits per heavy atom. The topological polar surface area (TPSA) is 142 Å². The molecule has 6 atom stereocenters. The number of nitrogens with one attached hydrogen (secondary N) is 2. The first-order valence-corrected chi connectivity index (χ1v) is 15.8. The molecule has 2 rings (SSSR count). The quantitative estimate of drug-likeness (QED) is 0.160. The third kappa shape index (κ3) is 13.2. The fourth-order valence-electron chi connectivity index (χ4n) is 4.90. The Balaban J connectivity index is 2.36. The molecule has 11 nitrogen and oxygen atoms in total. The number of halogens is 2. The van der Waals surface area contributed by atoms with E-state index in [-0.39, 0.29) is 19.8 Å². The Kier molecular flexibility index (Phi) is 17.3. The first-order valence-electron chi connectivity index (χ1n) is 15.8. The molecule has 0 radical (unpaired) electrons. The number of hydrogen-bond donors (Lipinski definition) is 3. The fourth-order valence-corrected chi connectivity index (χ4v) is 4.90. The van der Waals surface area contributed by atoms with E-state index >= 15 is 8.78 Å². The van der Waals surface area contributed by atoms with Crippen molar-refractivity contribution in [1.29, 1.82) is 0 Å². The lowest BCUT2D eigenvalue weighted by Crippen LogP contribution is -2.69. The van der Waals surface area contributed by atoms with Crippen LogP contribution in [0, 0.1) is 0 Å².